The van der Waals surface area contributed by atoms with Crippen LogP contribution in [0.15, 0.2) is 0 Å². The summed E-state index contributed by atoms with van der Waals surface area (Å²) in [6.45, 7) is 4.64. The van der Waals surface area contributed by atoms with E-state index in [9.17, 15) is 23.8 Å². The van der Waals surface area contributed by atoms with Gasteiger partial charge in [-0.3, -0.25) is 23.4 Å². The van der Waals surface area contributed by atoms with Gasteiger partial charge < -0.3 is 24.4 Å². The van der Waals surface area contributed by atoms with Crippen LogP contribution in [0.3, 0.4) is 0 Å². The molecule has 0 bridgehead atoms. The van der Waals surface area contributed by atoms with Crippen molar-refractivity contribution in [2.24, 2.45) is 0 Å². The first-order chi connectivity index (χ1) is 21.6. The lowest BCUT2D eigenvalue weighted by molar-refractivity contribution is -0.161. The van der Waals surface area contributed by atoms with E-state index < -0.39 is 38.4 Å². The number of carbonyl (C=O) groups excluding carboxylic acids is 2. The van der Waals surface area contributed by atoms with Crippen LogP contribution in [0.5, 0.6) is 0 Å². The summed E-state index contributed by atoms with van der Waals surface area (Å²) in [7, 11) is -2.54. The first-order valence-corrected chi connectivity index (χ1v) is 19.0. The van der Waals surface area contributed by atoms with Crippen molar-refractivity contribution < 1.29 is 47.5 Å². The average molecular weight is 666 g/mol. The molecule has 2 unspecified atom stereocenters. The molecule has 0 saturated heterocycles. The predicted molar refractivity (Wildman–Crippen MR) is 176 cm³/mol. The summed E-state index contributed by atoms with van der Waals surface area (Å²) in [5.74, 6) is -1.76. The Morgan fingerprint density at radius 2 is 1.13 bits per heavy atom. The fourth-order valence-electron chi connectivity index (χ4n) is 4.67. The van der Waals surface area contributed by atoms with Gasteiger partial charge in [0.2, 0.25) is 0 Å². The second-order valence-electron chi connectivity index (χ2n) is 11.9. The zero-order valence-electron chi connectivity index (χ0n) is 28.5. The fourth-order valence-corrected chi connectivity index (χ4v) is 5.41. The van der Waals surface area contributed by atoms with E-state index in [0.717, 1.165) is 45.1 Å². The lowest BCUT2D eigenvalue weighted by Gasteiger charge is -2.20. The number of nitrogens with zero attached hydrogens (tertiary/aromatic N) is 1. The molecular formula is C33H64NO10P. The first-order valence-electron chi connectivity index (χ1n) is 17.5. The number of hydrogen-bond acceptors (Lipinski definition) is 9. The molecule has 2 N–H and O–H groups in total. The van der Waals surface area contributed by atoms with Crippen molar-refractivity contribution in [3.05, 3.63) is 0 Å². The number of carboxylic acid groups (broad SMARTS) is 1. The van der Waals surface area contributed by atoms with E-state index in [0.29, 0.717) is 19.4 Å². The van der Waals surface area contributed by atoms with Crippen molar-refractivity contribution in [3.63, 3.8) is 0 Å². The van der Waals surface area contributed by atoms with Gasteiger partial charge >= 0.3 is 25.7 Å². The van der Waals surface area contributed by atoms with Gasteiger partial charge in [-0.2, -0.15) is 0 Å². The van der Waals surface area contributed by atoms with Gasteiger partial charge in [0.25, 0.3) is 0 Å². The van der Waals surface area contributed by atoms with Crippen LogP contribution in [0.2, 0.25) is 0 Å². The van der Waals surface area contributed by atoms with Crippen molar-refractivity contribution in [1.29, 1.82) is 0 Å². The molecule has 0 aliphatic rings. The number of phosphoric ester groups is 1. The number of carbonyl (C=O) groups is 3. The largest absolute Gasteiger partial charge is 0.481 e. The summed E-state index contributed by atoms with van der Waals surface area (Å²) in [5, 5.41) is 8.70. The molecule has 0 aliphatic heterocycles. The van der Waals surface area contributed by atoms with Crippen LogP contribution in [-0.2, 0) is 37.5 Å². The maximum Gasteiger partial charge on any atom is 0.472 e. The molecule has 12 heteroatoms. The molecule has 0 aromatic heterocycles. The number of rotatable bonds is 33. The van der Waals surface area contributed by atoms with Crippen molar-refractivity contribution in [3.8, 4) is 0 Å². The number of aliphatic carboxylic acids is 1. The van der Waals surface area contributed by atoms with Crippen LogP contribution in [0.25, 0.3) is 0 Å². The van der Waals surface area contributed by atoms with Gasteiger partial charge in [0.05, 0.1) is 13.2 Å². The number of carboxylic acids is 1. The van der Waals surface area contributed by atoms with E-state index in [4.69, 9.17) is 23.6 Å². The second kappa shape index (κ2) is 29.9. The van der Waals surface area contributed by atoms with E-state index in [1.165, 1.54) is 64.2 Å². The molecule has 0 radical (unpaired) electrons. The smallest absolute Gasteiger partial charge is 0.472 e. The third-order valence-electron chi connectivity index (χ3n) is 7.68. The maximum absolute atomic E-state index is 12.4. The number of phosphoric acid groups is 1. The van der Waals surface area contributed by atoms with E-state index in [2.05, 4.69) is 6.92 Å². The second-order valence-corrected chi connectivity index (χ2v) is 13.4. The van der Waals surface area contributed by atoms with Crippen LogP contribution in [-0.4, -0.2) is 78.9 Å². The molecule has 45 heavy (non-hydrogen) atoms. The Morgan fingerprint density at radius 3 is 1.62 bits per heavy atom. The molecule has 0 aromatic carbocycles. The highest BCUT2D eigenvalue weighted by Crippen LogP contribution is 2.43. The standard InChI is InChI=1S/C33H64NO10P/c1-4-6-7-8-9-10-11-12-13-14-15-18-21-24-32(37)41-28-30(29-43-45(39,40)42-27-26-34(3)5-2)44-33(38)25-22-19-16-17-20-23-31(35)36/h30H,4-29H2,1-3H3,(H,35,36)(H,39,40). The number of ether oxygens (including phenoxy) is 2. The molecule has 0 heterocycles. The summed E-state index contributed by atoms with van der Waals surface area (Å²) < 4.78 is 33.1. The Morgan fingerprint density at radius 1 is 0.667 bits per heavy atom. The molecule has 11 nitrogen and oxygen atoms in total. The van der Waals surface area contributed by atoms with Crippen molar-refractivity contribution in [2.45, 2.75) is 155 Å². The Hall–Kier alpha value is -1.52. The lowest BCUT2D eigenvalue weighted by atomic mass is 10.0. The van der Waals surface area contributed by atoms with Crippen LogP contribution >= 0.6 is 7.82 Å². The molecule has 0 aromatic rings. The third kappa shape index (κ3) is 30.9. The molecule has 266 valence electrons. The molecule has 0 saturated carbocycles. The van der Waals surface area contributed by atoms with Crippen LogP contribution in [0, 0.1) is 0 Å². The first kappa shape index (κ1) is 43.5. The quantitative estimate of drug-likeness (QED) is 0.0401. The summed E-state index contributed by atoms with van der Waals surface area (Å²) in [6, 6.07) is 0. The van der Waals surface area contributed by atoms with E-state index in [-0.39, 0.29) is 32.5 Å². The van der Waals surface area contributed by atoms with E-state index in [1.807, 2.05) is 18.9 Å². The molecule has 2 atom stereocenters. The fraction of sp³-hybridized carbons (Fsp3) is 0.909. The highest BCUT2D eigenvalue weighted by molar-refractivity contribution is 7.47. The molecular weight excluding hydrogens is 601 g/mol. The maximum atomic E-state index is 12.4. The zero-order valence-corrected chi connectivity index (χ0v) is 29.4. The molecule has 0 aliphatic carbocycles. The Balaban J connectivity index is 4.40. The topological polar surface area (TPSA) is 149 Å². The lowest BCUT2D eigenvalue weighted by Crippen LogP contribution is -2.29. The van der Waals surface area contributed by atoms with Gasteiger partial charge in [-0.25, -0.2) is 4.57 Å². The molecule has 0 amide bonds. The van der Waals surface area contributed by atoms with E-state index in [1.54, 1.807) is 0 Å². The molecule has 0 rings (SSSR count). The Kier molecular flexibility index (Phi) is 28.8. The van der Waals surface area contributed by atoms with Crippen LogP contribution < -0.4 is 0 Å². The molecule has 0 fully saturated rings. The highest BCUT2D eigenvalue weighted by Gasteiger charge is 2.26. The number of likely N-dealkylation sites (N-methyl/N-ethyl adjacent to an activating group) is 1. The normalized spacial score (nSPS) is 13.4. The number of esters is 2. The highest BCUT2D eigenvalue weighted by atomic mass is 31.2. The van der Waals surface area contributed by atoms with Crippen LogP contribution in [0.4, 0.5) is 0 Å². The number of unbranched alkanes of at least 4 members (excludes halogenated alkanes) is 16. The zero-order chi connectivity index (χ0) is 33.6. The minimum absolute atomic E-state index is 0.0108. The van der Waals surface area contributed by atoms with Gasteiger partial charge in [0.15, 0.2) is 6.10 Å². The Labute approximate surface area is 272 Å². The van der Waals surface area contributed by atoms with Crippen molar-refractivity contribution in [2.75, 3.05) is 40.0 Å². The van der Waals surface area contributed by atoms with Gasteiger partial charge in [-0.05, 0) is 32.9 Å². The summed E-state index contributed by atoms with van der Waals surface area (Å²) in [5.41, 5.74) is 0. The van der Waals surface area contributed by atoms with Gasteiger partial charge in [-0.1, -0.05) is 110 Å². The minimum atomic E-state index is -4.39. The summed E-state index contributed by atoms with van der Waals surface area (Å²) >= 11 is 0. The Bertz CT molecular complexity index is 797. The molecule has 0 spiro atoms. The van der Waals surface area contributed by atoms with Gasteiger partial charge in [0.1, 0.15) is 6.61 Å². The van der Waals surface area contributed by atoms with Crippen LogP contribution in [0.1, 0.15) is 149 Å². The third-order valence-corrected chi connectivity index (χ3v) is 8.66. The predicted octanol–water partition coefficient (Wildman–Crippen LogP) is 7.82. The van der Waals surface area contributed by atoms with E-state index >= 15 is 0 Å². The number of hydrogen-bond donors (Lipinski definition) is 2. The van der Waals surface area contributed by atoms with Crippen molar-refractivity contribution in [1.82, 2.24) is 4.90 Å². The summed E-state index contributed by atoms with van der Waals surface area (Å²) in [6.07, 6.45) is 18.7. The average Bonchev–Trinajstić information content (AvgIpc) is 3.00. The summed E-state index contributed by atoms with van der Waals surface area (Å²) in [4.78, 5) is 47.3. The SMILES string of the molecule is CCCCCCCCCCCCCCCC(=O)OCC(COP(=O)(O)OCCN(C)CC)OC(=O)CCCCCCCC(=O)O. The van der Waals surface area contributed by atoms with Gasteiger partial charge in [-0.15, -0.1) is 0 Å². The van der Waals surface area contributed by atoms with Crippen molar-refractivity contribution >= 4 is 25.7 Å². The monoisotopic (exact) mass is 665 g/mol. The van der Waals surface area contributed by atoms with Gasteiger partial charge in [0, 0.05) is 25.8 Å². The minimum Gasteiger partial charge on any atom is -0.481 e.